The Balaban J connectivity index is 1.52. The van der Waals surface area contributed by atoms with E-state index in [1.165, 1.54) is 18.2 Å². The number of nitrogens with one attached hydrogen (secondary N) is 1. The zero-order chi connectivity index (χ0) is 20.3. The topological polar surface area (TPSA) is 52.7 Å². The van der Waals surface area contributed by atoms with E-state index in [0.29, 0.717) is 36.8 Å². The van der Waals surface area contributed by atoms with Crippen molar-refractivity contribution in [1.82, 2.24) is 9.80 Å². The summed E-state index contributed by atoms with van der Waals surface area (Å²) in [6, 6.07) is 9.57. The van der Waals surface area contributed by atoms with E-state index in [0.717, 1.165) is 11.1 Å². The minimum absolute atomic E-state index is 0.0127. The summed E-state index contributed by atoms with van der Waals surface area (Å²) in [5.74, 6) is -0.710. The molecule has 2 amide bonds. The Bertz CT molecular complexity index is 895. The molecule has 148 valence electrons. The van der Waals surface area contributed by atoms with E-state index >= 15 is 0 Å². The van der Waals surface area contributed by atoms with Crippen LogP contribution in [0.1, 0.15) is 21.5 Å². The van der Waals surface area contributed by atoms with Crippen LogP contribution in [0.2, 0.25) is 5.02 Å². The summed E-state index contributed by atoms with van der Waals surface area (Å²) in [6.45, 7) is 6.48. The van der Waals surface area contributed by atoms with Crippen LogP contribution >= 0.6 is 11.6 Å². The van der Waals surface area contributed by atoms with Crippen LogP contribution in [0.15, 0.2) is 36.4 Å². The van der Waals surface area contributed by atoms with E-state index in [2.05, 4.69) is 5.32 Å². The van der Waals surface area contributed by atoms with Gasteiger partial charge in [-0.1, -0.05) is 17.7 Å². The quantitative estimate of drug-likeness (QED) is 0.850. The van der Waals surface area contributed by atoms with Gasteiger partial charge in [0.15, 0.2) is 0 Å². The van der Waals surface area contributed by atoms with Gasteiger partial charge in [-0.05, 0) is 55.3 Å². The van der Waals surface area contributed by atoms with E-state index < -0.39 is 5.82 Å². The van der Waals surface area contributed by atoms with E-state index in [9.17, 15) is 14.0 Å². The molecule has 0 aliphatic carbocycles. The lowest BCUT2D eigenvalue weighted by molar-refractivity contribution is -0.117. The van der Waals surface area contributed by atoms with Gasteiger partial charge in [0.1, 0.15) is 5.82 Å². The largest absolute Gasteiger partial charge is 0.336 e. The van der Waals surface area contributed by atoms with Crippen LogP contribution in [-0.2, 0) is 4.79 Å². The van der Waals surface area contributed by atoms with Gasteiger partial charge in [0.25, 0.3) is 5.91 Å². The van der Waals surface area contributed by atoms with Gasteiger partial charge in [0, 0.05) is 31.7 Å². The highest BCUT2D eigenvalue weighted by atomic mass is 35.5. The number of piperazine rings is 1. The van der Waals surface area contributed by atoms with Crippen molar-refractivity contribution in [3.63, 3.8) is 0 Å². The molecule has 0 radical (unpaired) electrons. The molecule has 0 atom stereocenters. The van der Waals surface area contributed by atoms with Gasteiger partial charge in [0.2, 0.25) is 5.91 Å². The fourth-order valence-corrected chi connectivity index (χ4v) is 3.32. The van der Waals surface area contributed by atoms with Crippen LogP contribution in [0.5, 0.6) is 0 Å². The molecule has 0 aromatic heterocycles. The Morgan fingerprint density at radius 2 is 1.75 bits per heavy atom. The fourth-order valence-electron chi connectivity index (χ4n) is 3.15. The Morgan fingerprint density at radius 3 is 2.43 bits per heavy atom. The van der Waals surface area contributed by atoms with Crippen molar-refractivity contribution in [1.29, 1.82) is 0 Å². The Morgan fingerprint density at radius 1 is 1.04 bits per heavy atom. The summed E-state index contributed by atoms with van der Waals surface area (Å²) in [5, 5.41) is 2.93. The number of amides is 2. The molecule has 1 saturated heterocycles. The first kappa shape index (κ1) is 20.3. The number of rotatable bonds is 4. The maximum atomic E-state index is 13.3. The number of aryl methyl sites for hydroxylation is 2. The van der Waals surface area contributed by atoms with Crippen molar-refractivity contribution < 1.29 is 14.0 Å². The number of anilines is 1. The Labute approximate surface area is 169 Å². The average Bonchev–Trinajstić information content (AvgIpc) is 2.67. The lowest BCUT2D eigenvalue weighted by atomic mass is 10.1. The van der Waals surface area contributed by atoms with E-state index in [1.54, 1.807) is 0 Å². The third-order valence-corrected chi connectivity index (χ3v) is 5.31. The molecular weight excluding hydrogens is 381 g/mol. The van der Waals surface area contributed by atoms with Gasteiger partial charge in [-0.3, -0.25) is 14.5 Å². The highest BCUT2D eigenvalue weighted by Crippen LogP contribution is 2.22. The molecule has 0 bridgehead atoms. The third kappa shape index (κ3) is 4.88. The molecular formula is C21H23ClFN3O2. The van der Waals surface area contributed by atoms with Crippen LogP contribution in [0.4, 0.5) is 10.1 Å². The van der Waals surface area contributed by atoms with E-state index in [4.69, 9.17) is 11.6 Å². The van der Waals surface area contributed by atoms with Crippen molar-refractivity contribution in [3.05, 3.63) is 63.9 Å². The summed E-state index contributed by atoms with van der Waals surface area (Å²) in [5.41, 5.74) is 3.20. The minimum Gasteiger partial charge on any atom is -0.336 e. The smallest absolute Gasteiger partial charge is 0.253 e. The number of benzene rings is 2. The molecule has 1 heterocycles. The molecule has 3 rings (SSSR count). The van der Waals surface area contributed by atoms with Gasteiger partial charge >= 0.3 is 0 Å². The molecule has 2 aromatic rings. The highest BCUT2D eigenvalue weighted by Gasteiger charge is 2.23. The van der Waals surface area contributed by atoms with Gasteiger partial charge in [0.05, 0.1) is 17.3 Å². The average molecular weight is 404 g/mol. The number of carbonyl (C=O) groups is 2. The third-order valence-electron chi connectivity index (χ3n) is 4.98. The zero-order valence-corrected chi connectivity index (χ0v) is 16.7. The van der Waals surface area contributed by atoms with E-state index in [-0.39, 0.29) is 24.0 Å². The van der Waals surface area contributed by atoms with Crippen molar-refractivity contribution >= 4 is 29.1 Å². The molecule has 7 heteroatoms. The van der Waals surface area contributed by atoms with Gasteiger partial charge < -0.3 is 10.2 Å². The molecule has 1 N–H and O–H groups in total. The molecule has 5 nitrogen and oxygen atoms in total. The van der Waals surface area contributed by atoms with Gasteiger partial charge in [-0.15, -0.1) is 0 Å². The Kier molecular flexibility index (Phi) is 6.31. The molecule has 0 saturated carbocycles. The second-order valence-corrected chi connectivity index (χ2v) is 7.45. The van der Waals surface area contributed by atoms with Crippen LogP contribution < -0.4 is 5.32 Å². The van der Waals surface area contributed by atoms with Crippen LogP contribution in [-0.4, -0.2) is 54.3 Å². The van der Waals surface area contributed by atoms with Crippen molar-refractivity contribution in [2.24, 2.45) is 0 Å². The van der Waals surface area contributed by atoms with Crippen molar-refractivity contribution in [3.8, 4) is 0 Å². The number of hydrogen-bond acceptors (Lipinski definition) is 3. The second kappa shape index (κ2) is 8.71. The van der Waals surface area contributed by atoms with Crippen molar-refractivity contribution in [2.45, 2.75) is 13.8 Å². The number of carbonyl (C=O) groups excluding carboxylic acids is 2. The van der Waals surface area contributed by atoms with Crippen LogP contribution in [0.3, 0.4) is 0 Å². The van der Waals surface area contributed by atoms with E-state index in [1.807, 2.05) is 41.8 Å². The molecule has 2 aromatic carbocycles. The molecule has 1 fully saturated rings. The summed E-state index contributed by atoms with van der Waals surface area (Å²) in [6.07, 6.45) is 0. The highest BCUT2D eigenvalue weighted by molar-refractivity contribution is 6.33. The maximum absolute atomic E-state index is 13.3. The first-order chi connectivity index (χ1) is 13.3. The standard InChI is InChI=1S/C21H23ClFN3O2/c1-14-3-4-16(11-15(14)2)21(28)26-9-7-25(8-10-26)13-20(27)24-19-12-17(23)5-6-18(19)22/h3-6,11-12H,7-10,13H2,1-2H3,(H,24,27). The van der Waals surface area contributed by atoms with Gasteiger partial charge in [-0.2, -0.15) is 0 Å². The monoisotopic (exact) mass is 403 g/mol. The zero-order valence-electron chi connectivity index (χ0n) is 16.0. The molecule has 1 aliphatic heterocycles. The molecule has 0 spiro atoms. The Hall–Kier alpha value is -2.44. The number of halogens is 2. The molecule has 0 unspecified atom stereocenters. The lowest BCUT2D eigenvalue weighted by Gasteiger charge is -2.34. The van der Waals surface area contributed by atoms with Gasteiger partial charge in [-0.25, -0.2) is 4.39 Å². The summed E-state index contributed by atoms with van der Waals surface area (Å²) < 4.78 is 13.3. The summed E-state index contributed by atoms with van der Waals surface area (Å²) in [7, 11) is 0. The molecule has 28 heavy (non-hydrogen) atoms. The SMILES string of the molecule is Cc1ccc(C(=O)N2CCN(CC(=O)Nc3cc(F)ccc3Cl)CC2)cc1C. The van der Waals surface area contributed by atoms with Crippen molar-refractivity contribution in [2.75, 3.05) is 38.0 Å². The predicted octanol–water partition coefficient (Wildman–Crippen LogP) is 3.49. The first-order valence-corrected chi connectivity index (χ1v) is 9.55. The minimum atomic E-state index is -0.460. The normalized spacial score (nSPS) is 14.8. The summed E-state index contributed by atoms with van der Waals surface area (Å²) >= 11 is 5.98. The second-order valence-electron chi connectivity index (χ2n) is 7.04. The van der Waals surface area contributed by atoms with Crippen LogP contribution in [0.25, 0.3) is 0 Å². The fraction of sp³-hybridized carbons (Fsp3) is 0.333. The van der Waals surface area contributed by atoms with Crippen LogP contribution in [0, 0.1) is 19.7 Å². The summed E-state index contributed by atoms with van der Waals surface area (Å²) in [4.78, 5) is 28.7. The number of hydrogen-bond donors (Lipinski definition) is 1. The lowest BCUT2D eigenvalue weighted by Crippen LogP contribution is -2.50. The number of nitrogens with zero attached hydrogens (tertiary/aromatic N) is 2. The maximum Gasteiger partial charge on any atom is 0.253 e. The first-order valence-electron chi connectivity index (χ1n) is 9.17. The predicted molar refractivity (Wildman–Crippen MR) is 108 cm³/mol. The molecule has 1 aliphatic rings.